The highest BCUT2D eigenvalue weighted by Crippen LogP contribution is 2.25. The van der Waals surface area contributed by atoms with Gasteiger partial charge in [-0.3, -0.25) is 4.98 Å². The molecule has 1 aromatic heterocycles. The molecule has 0 aliphatic heterocycles. The number of pyridine rings is 1. The standard InChI is InChI=1S/C14H14BrFN2/c1-9-11(5-3-7-18-9)13(17)8-10-4-2-6-12(16)14(10)15/h2-7,13H,8,17H2,1H3. The van der Waals surface area contributed by atoms with E-state index < -0.39 is 0 Å². The minimum Gasteiger partial charge on any atom is -0.324 e. The fourth-order valence-corrected chi connectivity index (χ4v) is 2.37. The van der Waals surface area contributed by atoms with E-state index in [-0.39, 0.29) is 11.9 Å². The number of halogens is 2. The van der Waals surface area contributed by atoms with Crippen LogP contribution in [0, 0.1) is 12.7 Å². The number of rotatable bonds is 3. The van der Waals surface area contributed by atoms with Gasteiger partial charge in [-0.25, -0.2) is 4.39 Å². The molecule has 94 valence electrons. The molecule has 18 heavy (non-hydrogen) atoms. The molecule has 0 radical (unpaired) electrons. The lowest BCUT2D eigenvalue weighted by Gasteiger charge is -2.15. The number of nitrogens with two attached hydrogens (primary N) is 1. The minimum atomic E-state index is -0.261. The van der Waals surface area contributed by atoms with E-state index in [9.17, 15) is 4.39 Å². The van der Waals surface area contributed by atoms with Crippen LogP contribution in [-0.4, -0.2) is 4.98 Å². The smallest absolute Gasteiger partial charge is 0.137 e. The summed E-state index contributed by atoms with van der Waals surface area (Å²) < 4.78 is 13.9. The van der Waals surface area contributed by atoms with E-state index in [1.165, 1.54) is 6.07 Å². The Labute approximate surface area is 114 Å². The first-order chi connectivity index (χ1) is 8.59. The first kappa shape index (κ1) is 13.2. The maximum atomic E-state index is 13.4. The van der Waals surface area contributed by atoms with Crippen LogP contribution in [0.15, 0.2) is 41.0 Å². The van der Waals surface area contributed by atoms with Crippen molar-refractivity contribution in [3.05, 3.63) is 63.6 Å². The predicted octanol–water partition coefficient (Wildman–Crippen LogP) is 3.53. The molecule has 2 nitrogen and oxygen atoms in total. The van der Waals surface area contributed by atoms with Gasteiger partial charge in [-0.15, -0.1) is 0 Å². The molecule has 0 fully saturated rings. The average Bonchev–Trinajstić information content (AvgIpc) is 2.35. The molecule has 0 aliphatic rings. The summed E-state index contributed by atoms with van der Waals surface area (Å²) in [5.74, 6) is -0.261. The molecule has 2 N–H and O–H groups in total. The van der Waals surface area contributed by atoms with Crippen molar-refractivity contribution in [3.8, 4) is 0 Å². The Balaban J connectivity index is 2.24. The van der Waals surface area contributed by atoms with Gasteiger partial charge in [0.05, 0.1) is 4.47 Å². The number of hydrogen-bond donors (Lipinski definition) is 1. The summed E-state index contributed by atoms with van der Waals surface area (Å²) in [4.78, 5) is 4.22. The molecule has 0 saturated heterocycles. The van der Waals surface area contributed by atoms with E-state index in [0.717, 1.165) is 16.8 Å². The van der Waals surface area contributed by atoms with Crippen molar-refractivity contribution in [1.82, 2.24) is 4.98 Å². The molecule has 2 rings (SSSR count). The SMILES string of the molecule is Cc1ncccc1C(N)Cc1cccc(F)c1Br. The van der Waals surface area contributed by atoms with Gasteiger partial charge in [0.25, 0.3) is 0 Å². The predicted molar refractivity (Wildman–Crippen MR) is 73.7 cm³/mol. The maximum Gasteiger partial charge on any atom is 0.137 e. The second-order valence-electron chi connectivity index (χ2n) is 4.20. The zero-order valence-corrected chi connectivity index (χ0v) is 11.6. The van der Waals surface area contributed by atoms with E-state index in [0.29, 0.717) is 10.9 Å². The summed E-state index contributed by atoms with van der Waals surface area (Å²) in [5.41, 5.74) is 8.94. The molecular formula is C14H14BrFN2. The topological polar surface area (TPSA) is 38.9 Å². The van der Waals surface area contributed by atoms with Gasteiger partial charge in [0.2, 0.25) is 0 Å². The van der Waals surface area contributed by atoms with Crippen LogP contribution in [0.25, 0.3) is 0 Å². The van der Waals surface area contributed by atoms with E-state index in [1.54, 1.807) is 12.3 Å². The molecule has 1 unspecified atom stereocenters. The molecule has 0 bridgehead atoms. The van der Waals surface area contributed by atoms with Crippen molar-refractivity contribution < 1.29 is 4.39 Å². The summed E-state index contributed by atoms with van der Waals surface area (Å²) in [5, 5.41) is 0. The number of benzene rings is 1. The highest BCUT2D eigenvalue weighted by molar-refractivity contribution is 9.10. The summed E-state index contributed by atoms with van der Waals surface area (Å²) in [6.07, 6.45) is 2.31. The van der Waals surface area contributed by atoms with Gasteiger partial charge in [0.1, 0.15) is 5.82 Å². The fourth-order valence-electron chi connectivity index (χ4n) is 1.94. The summed E-state index contributed by atoms with van der Waals surface area (Å²) >= 11 is 3.25. The third-order valence-electron chi connectivity index (χ3n) is 2.92. The number of aromatic nitrogens is 1. The lowest BCUT2D eigenvalue weighted by atomic mass is 9.99. The van der Waals surface area contributed by atoms with Gasteiger partial charge in [-0.05, 0) is 52.5 Å². The second-order valence-corrected chi connectivity index (χ2v) is 4.99. The molecule has 2 aromatic rings. The molecule has 4 heteroatoms. The summed E-state index contributed by atoms with van der Waals surface area (Å²) in [6, 6.07) is 8.63. The lowest BCUT2D eigenvalue weighted by molar-refractivity contribution is 0.613. The maximum absolute atomic E-state index is 13.4. The second kappa shape index (κ2) is 5.59. The highest BCUT2D eigenvalue weighted by atomic mass is 79.9. The van der Waals surface area contributed by atoms with E-state index in [2.05, 4.69) is 20.9 Å². The van der Waals surface area contributed by atoms with Crippen LogP contribution in [0.4, 0.5) is 4.39 Å². The molecule has 0 saturated carbocycles. The lowest BCUT2D eigenvalue weighted by Crippen LogP contribution is -2.15. The first-order valence-corrected chi connectivity index (χ1v) is 6.49. The summed E-state index contributed by atoms with van der Waals surface area (Å²) in [6.45, 7) is 1.93. The third kappa shape index (κ3) is 2.76. The van der Waals surface area contributed by atoms with Crippen LogP contribution >= 0.6 is 15.9 Å². The minimum absolute atomic E-state index is 0.184. The van der Waals surface area contributed by atoms with Gasteiger partial charge in [0, 0.05) is 17.9 Å². The molecule has 0 aliphatic carbocycles. The van der Waals surface area contributed by atoms with Crippen LogP contribution in [0.5, 0.6) is 0 Å². The number of nitrogens with zero attached hydrogens (tertiary/aromatic N) is 1. The van der Waals surface area contributed by atoms with Crippen molar-refractivity contribution in [2.75, 3.05) is 0 Å². The van der Waals surface area contributed by atoms with Gasteiger partial charge < -0.3 is 5.73 Å². The van der Waals surface area contributed by atoms with Crippen molar-refractivity contribution in [2.45, 2.75) is 19.4 Å². The van der Waals surface area contributed by atoms with Crippen LogP contribution in [0.1, 0.15) is 22.9 Å². The van der Waals surface area contributed by atoms with Crippen LogP contribution in [0.2, 0.25) is 0 Å². The fraction of sp³-hybridized carbons (Fsp3) is 0.214. The molecule has 1 atom stereocenters. The van der Waals surface area contributed by atoms with E-state index >= 15 is 0 Å². The van der Waals surface area contributed by atoms with E-state index in [4.69, 9.17) is 5.73 Å². The number of hydrogen-bond acceptors (Lipinski definition) is 2. The molecule has 0 spiro atoms. The van der Waals surface area contributed by atoms with Crippen LogP contribution < -0.4 is 5.73 Å². The van der Waals surface area contributed by atoms with E-state index in [1.807, 2.05) is 25.1 Å². The van der Waals surface area contributed by atoms with Crippen molar-refractivity contribution in [2.24, 2.45) is 5.73 Å². The van der Waals surface area contributed by atoms with Crippen LogP contribution in [-0.2, 0) is 6.42 Å². The Hall–Kier alpha value is -1.26. The largest absolute Gasteiger partial charge is 0.324 e. The Bertz CT molecular complexity index is 557. The Morgan fingerprint density at radius 3 is 2.83 bits per heavy atom. The normalized spacial score (nSPS) is 12.4. The molecule has 1 aromatic carbocycles. The zero-order chi connectivity index (χ0) is 13.1. The molecule has 1 heterocycles. The Morgan fingerprint density at radius 1 is 1.33 bits per heavy atom. The van der Waals surface area contributed by atoms with Crippen molar-refractivity contribution >= 4 is 15.9 Å². The van der Waals surface area contributed by atoms with Crippen LogP contribution in [0.3, 0.4) is 0 Å². The van der Waals surface area contributed by atoms with Crippen molar-refractivity contribution in [3.63, 3.8) is 0 Å². The Kier molecular flexibility index (Phi) is 4.09. The average molecular weight is 309 g/mol. The molecule has 0 amide bonds. The zero-order valence-electron chi connectivity index (χ0n) is 10.0. The van der Waals surface area contributed by atoms with Gasteiger partial charge in [0.15, 0.2) is 0 Å². The highest BCUT2D eigenvalue weighted by Gasteiger charge is 2.13. The summed E-state index contributed by atoms with van der Waals surface area (Å²) in [7, 11) is 0. The monoisotopic (exact) mass is 308 g/mol. The van der Waals surface area contributed by atoms with Crippen molar-refractivity contribution in [1.29, 1.82) is 0 Å². The number of aryl methyl sites for hydroxylation is 1. The van der Waals surface area contributed by atoms with Gasteiger partial charge >= 0.3 is 0 Å². The molecular weight excluding hydrogens is 295 g/mol. The Morgan fingerprint density at radius 2 is 2.11 bits per heavy atom. The first-order valence-electron chi connectivity index (χ1n) is 5.69. The van der Waals surface area contributed by atoms with Gasteiger partial charge in [-0.1, -0.05) is 18.2 Å². The van der Waals surface area contributed by atoms with Gasteiger partial charge in [-0.2, -0.15) is 0 Å². The quantitative estimate of drug-likeness (QED) is 0.942. The third-order valence-corrected chi connectivity index (χ3v) is 3.81.